The lowest BCUT2D eigenvalue weighted by Crippen LogP contribution is -2.30. The van der Waals surface area contributed by atoms with Gasteiger partial charge < -0.3 is 10.0 Å². The third-order valence-corrected chi connectivity index (χ3v) is 3.86. The van der Waals surface area contributed by atoms with E-state index in [0.29, 0.717) is 12.3 Å². The number of hydrogen-bond donors (Lipinski definition) is 1. The van der Waals surface area contributed by atoms with Gasteiger partial charge in [-0.25, -0.2) is 4.98 Å². The number of aliphatic hydroxyl groups is 1. The summed E-state index contributed by atoms with van der Waals surface area (Å²) in [4.78, 5) is 6.96. The molecular formula is C11H18N2OS. The van der Waals surface area contributed by atoms with Gasteiger partial charge in [-0.1, -0.05) is 0 Å². The summed E-state index contributed by atoms with van der Waals surface area (Å²) < 4.78 is 0. The summed E-state index contributed by atoms with van der Waals surface area (Å²) in [5.41, 5.74) is 1.23. The Bertz CT molecular complexity index is 313. The largest absolute Gasteiger partial charge is 0.396 e. The van der Waals surface area contributed by atoms with Crippen molar-refractivity contribution in [1.82, 2.24) is 9.88 Å². The highest BCUT2D eigenvalue weighted by molar-refractivity contribution is 7.09. The highest BCUT2D eigenvalue weighted by Crippen LogP contribution is 2.27. The normalized spacial score (nSPS) is 23.2. The van der Waals surface area contributed by atoms with E-state index in [2.05, 4.69) is 22.3 Å². The Labute approximate surface area is 94.8 Å². The topological polar surface area (TPSA) is 36.4 Å². The van der Waals surface area contributed by atoms with Crippen LogP contribution in [0.3, 0.4) is 0 Å². The van der Waals surface area contributed by atoms with Crippen LogP contribution in [0.1, 0.15) is 29.5 Å². The van der Waals surface area contributed by atoms with Crippen molar-refractivity contribution in [2.24, 2.45) is 0 Å². The number of thiazole rings is 1. The molecule has 1 aromatic heterocycles. The fourth-order valence-electron chi connectivity index (χ4n) is 2.13. The van der Waals surface area contributed by atoms with Crippen molar-refractivity contribution in [3.05, 3.63) is 16.1 Å². The van der Waals surface area contributed by atoms with Crippen molar-refractivity contribution < 1.29 is 5.11 Å². The van der Waals surface area contributed by atoms with Crippen LogP contribution in [0.4, 0.5) is 0 Å². The molecule has 1 atom stereocenters. The quantitative estimate of drug-likeness (QED) is 0.848. The first-order chi connectivity index (χ1) is 7.29. The second-order valence-electron chi connectivity index (χ2n) is 4.24. The summed E-state index contributed by atoms with van der Waals surface area (Å²) in [6.45, 7) is 2.55. The Morgan fingerprint density at radius 1 is 1.67 bits per heavy atom. The summed E-state index contributed by atoms with van der Waals surface area (Å²) in [5, 5.41) is 12.1. The van der Waals surface area contributed by atoms with Gasteiger partial charge in [0.1, 0.15) is 0 Å². The molecule has 15 heavy (non-hydrogen) atoms. The first-order valence-electron chi connectivity index (χ1n) is 5.53. The first kappa shape index (κ1) is 11.0. The second kappa shape index (κ2) is 5.05. The predicted molar refractivity (Wildman–Crippen MR) is 62.4 cm³/mol. The van der Waals surface area contributed by atoms with E-state index in [1.54, 1.807) is 11.3 Å². The number of piperidine rings is 1. The zero-order valence-corrected chi connectivity index (χ0v) is 9.96. The van der Waals surface area contributed by atoms with Crippen LogP contribution in [-0.4, -0.2) is 41.7 Å². The molecule has 4 heteroatoms. The van der Waals surface area contributed by atoms with E-state index in [9.17, 15) is 0 Å². The number of rotatable bonds is 3. The number of aliphatic hydroxyl groups excluding tert-OH is 1. The van der Waals surface area contributed by atoms with Crippen LogP contribution in [0.25, 0.3) is 0 Å². The van der Waals surface area contributed by atoms with Crippen molar-refractivity contribution in [1.29, 1.82) is 0 Å². The van der Waals surface area contributed by atoms with E-state index in [-0.39, 0.29) is 6.61 Å². The molecule has 0 spiro atoms. The molecule has 1 fully saturated rings. The molecule has 1 N–H and O–H groups in total. The average molecular weight is 226 g/mol. The molecule has 2 rings (SSSR count). The lowest BCUT2D eigenvalue weighted by atomic mass is 9.96. The van der Waals surface area contributed by atoms with Gasteiger partial charge in [-0.05, 0) is 26.4 Å². The second-order valence-corrected chi connectivity index (χ2v) is 5.18. The zero-order valence-electron chi connectivity index (χ0n) is 9.15. The lowest BCUT2D eigenvalue weighted by molar-refractivity contribution is 0.248. The Kier molecular flexibility index (Phi) is 3.72. The van der Waals surface area contributed by atoms with Crippen molar-refractivity contribution >= 4 is 11.3 Å². The van der Waals surface area contributed by atoms with Gasteiger partial charge in [-0.3, -0.25) is 0 Å². The van der Waals surface area contributed by atoms with Crippen LogP contribution < -0.4 is 0 Å². The smallest absolute Gasteiger partial charge is 0.0951 e. The van der Waals surface area contributed by atoms with Gasteiger partial charge in [0.15, 0.2) is 0 Å². The van der Waals surface area contributed by atoms with Crippen LogP contribution in [0, 0.1) is 0 Å². The Morgan fingerprint density at radius 3 is 3.27 bits per heavy atom. The van der Waals surface area contributed by atoms with Crippen LogP contribution in [-0.2, 0) is 6.42 Å². The maximum atomic E-state index is 8.84. The van der Waals surface area contributed by atoms with Crippen molar-refractivity contribution in [2.75, 3.05) is 26.7 Å². The van der Waals surface area contributed by atoms with Crippen LogP contribution >= 0.6 is 11.3 Å². The summed E-state index contributed by atoms with van der Waals surface area (Å²) >= 11 is 1.68. The number of hydrogen-bond acceptors (Lipinski definition) is 4. The molecule has 0 bridgehead atoms. The van der Waals surface area contributed by atoms with Crippen molar-refractivity contribution in [3.63, 3.8) is 0 Å². The third-order valence-electron chi connectivity index (χ3n) is 2.94. The molecule has 1 aliphatic rings. The molecule has 1 unspecified atom stereocenters. The fourth-order valence-corrected chi connectivity index (χ4v) is 3.00. The van der Waals surface area contributed by atoms with E-state index >= 15 is 0 Å². The minimum absolute atomic E-state index is 0.206. The minimum atomic E-state index is 0.206. The van der Waals surface area contributed by atoms with E-state index in [4.69, 9.17) is 5.11 Å². The molecule has 1 aromatic rings. The summed E-state index contributed by atoms with van der Waals surface area (Å²) in [7, 11) is 2.17. The average Bonchev–Trinajstić information content (AvgIpc) is 2.67. The fraction of sp³-hybridized carbons (Fsp3) is 0.727. The van der Waals surface area contributed by atoms with Crippen LogP contribution in [0.5, 0.6) is 0 Å². The maximum Gasteiger partial charge on any atom is 0.0951 e. The number of nitrogens with zero attached hydrogens (tertiary/aromatic N) is 2. The molecule has 1 saturated heterocycles. The summed E-state index contributed by atoms with van der Waals surface area (Å²) in [6, 6.07) is 0. The van der Waals surface area contributed by atoms with E-state index in [1.165, 1.54) is 25.1 Å². The number of likely N-dealkylation sites (N-methyl/N-ethyl adjacent to an activating group) is 1. The van der Waals surface area contributed by atoms with Crippen molar-refractivity contribution in [3.8, 4) is 0 Å². The van der Waals surface area contributed by atoms with Crippen molar-refractivity contribution in [2.45, 2.75) is 25.2 Å². The Morgan fingerprint density at radius 2 is 2.53 bits per heavy atom. The molecule has 0 aromatic carbocycles. The molecule has 0 radical (unpaired) electrons. The third kappa shape index (κ3) is 2.77. The standard InChI is InChI=1S/C11H18N2OS/c1-13-5-2-3-9(7-13)10-8-15-11(12-10)4-6-14/h8-9,14H,2-7H2,1H3. The SMILES string of the molecule is CN1CCCC(c2csc(CCO)n2)C1. The molecule has 3 nitrogen and oxygen atoms in total. The van der Waals surface area contributed by atoms with Crippen LogP contribution in [0.2, 0.25) is 0 Å². The van der Waals surface area contributed by atoms with Gasteiger partial charge in [0.25, 0.3) is 0 Å². The van der Waals surface area contributed by atoms with Gasteiger partial charge in [0.05, 0.1) is 10.7 Å². The molecule has 0 saturated carbocycles. The first-order valence-corrected chi connectivity index (χ1v) is 6.41. The lowest BCUT2D eigenvalue weighted by Gasteiger charge is -2.28. The highest BCUT2D eigenvalue weighted by atomic mass is 32.1. The number of aromatic nitrogens is 1. The zero-order chi connectivity index (χ0) is 10.7. The summed E-state index contributed by atoms with van der Waals surface area (Å²) in [6.07, 6.45) is 3.23. The van der Waals surface area contributed by atoms with E-state index in [1.807, 2.05) is 0 Å². The van der Waals surface area contributed by atoms with Gasteiger partial charge in [-0.15, -0.1) is 11.3 Å². The molecule has 2 heterocycles. The van der Waals surface area contributed by atoms with Crippen LogP contribution in [0.15, 0.2) is 5.38 Å². The molecular weight excluding hydrogens is 208 g/mol. The number of likely N-dealkylation sites (tertiary alicyclic amines) is 1. The highest BCUT2D eigenvalue weighted by Gasteiger charge is 2.20. The summed E-state index contributed by atoms with van der Waals surface area (Å²) in [5.74, 6) is 0.604. The predicted octanol–water partition coefficient (Wildman–Crippen LogP) is 1.49. The van der Waals surface area contributed by atoms with E-state index < -0.39 is 0 Å². The minimum Gasteiger partial charge on any atom is -0.396 e. The van der Waals surface area contributed by atoms with E-state index in [0.717, 1.165) is 11.6 Å². The van der Waals surface area contributed by atoms with Gasteiger partial charge in [0.2, 0.25) is 0 Å². The van der Waals surface area contributed by atoms with Gasteiger partial charge in [-0.2, -0.15) is 0 Å². The maximum absolute atomic E-state index is 8.84. The molecule has 84 valence electrons. The molecule has 1 aliphatic heterocycles. The Hall–Kier alpha value is -0.450. The van der Waals surface area contributed by atoms with Gasteiger partial charge >= 0.3 is 0 Å². The molecule has 0 aliphatic carbocycles. The Balaban J connectivity index is 2.01. The monoisotopic (exact) mass is 226 g/mol. The molecule has 0 amide bonds. The van der Waals surface area contributed by atoms with Gasteiger partial charge in [0, 0.05) is 30.9 Å².